The zero-order valence-corrected chi connectivity index (χ0v) is 9.72. The van der Waals surface area contributed by atoms with E-state index in [4.69, 9.17) is 5.26 Å². The first kappa shape index (κ1) is 10.9. The molecule has 0 saturated carbocycles. The summed E-state index contributed by atoms with van der Waals surface area (Å²) in [5, 5.41) is 8.77. The summed E-state index contributed by atoms with van der Waals surface area (Å²) in [5.74, 6) is 2.50. The highest BCUT2D eigenvalue weighted by molar-refractivity contribution is 5.39. The highest BCUT2D eigenvalue weighted by atomic mass is 15.2. The Morgan fingerprint density at radius 1 is 1.38 bits per heavy atom. The molecule has 2 unspecified atom stereocenters. The molecule has 4 heteroatoms. The van der Waals surface area contributed by atoms with Crippen LogP contribution in [0.2, 0.25) is 0 Å². The molecule has 1 aliphatic rings. The summed E-state index contributed by atoms with van der Waals surface area (Å²) in [6.07, 6.45) is 2.93. The van der Waals surface area contributed by atoms with Gasteiger partial charge in [0.15, 0.2) is 0 Å². The van der Waals surface area contributed by atoms with Crippen LogP contribution >= 0.6 is 0 Å². The van der Waals surface area contributed by atoms with Crippen LogP contribution in [0, 0.1) is 23.2 Å². The lowest BCUT2D eigenvalue weighted by Gasteiger charge is -2.35. The first-order chi connectivity index (χ1) is 7.69. The Labute approximate surface area is 95.9 Å². The molecule has 1 saturated heterocycles. The number of nitrogens with zero attached hydrogens (tertiary/aromatic N) is 4. The summed E-state index contributed by atoms with van der Waals surface area (Å²) < 4.78 is 0. The van der Waals surface area contributed by atoms with E-state index in [1.807, 2.05) is 12.1 Å². The van der Waals surface area contributed by atoms with Gasteiger partial charge in [-0.2, -0.15) is 5.26 Å². The van der Waals surface area contributed by atoms with Crippen LogP contribution in [0.15, 0.2) is 12.3 Å². The summed E-state index contributed by atoms with van der Waals surface area (Å²) in [4.78, 5) is 10.4. The van der Waals surface area contributed by atoms with E-state index in [1.54, 1.807) is 6.20 Å². The highest BCUT2D eigenvalue weighted by Crippen LogP contribution is 2.24. The Morgan fingerprint density at radius 3 is 2.69 bits per heavy atom. The molecule has 1 aliphatic heterocycles. The van der Waals surface area contributed by atoms with Crippen LogP contribution in [-0.2, 0) is 0 Å². The number of rotatable bonds is 1. The first-order valence-corrected chi connectivity index (χ1v) is 5.67. The van der Waals surface area contributed by atoms with Crippen molar-refractivity contribution in [1.82, 2.24) is 9.97 Å². The van der Waals surface area contributed by atoms with Gasteiger partial charge in [-0.15, -0.1) is 0 Å². The topological polar surface area (TPSA) is 52.8 Å². The zero-order chi connectivity index (χ0) is 11.5. The van der Waals surface area contributed by atoms with E-state index >= 15 is 0 Å². The Kier molecular flexibility index (Phi) is 3.04. The van der Waals surface area contributed by atoms with Crippen molar-refractivity contribution in [3.05, 3.63) is 18.1 Å². The minimum Gasteiger partial charge on any atom is -0.356 e. The summed E-state index contributed by atoms with van der Waals surface area (Å²) >= 11 is 0. The maximum Gasteiger partial charge on any atom is 0.234 e. The molecule has 0 spiro atoms. The monoisotopic (exact) mass is 216 g/mol. The van der Waals surface area contributed by atoms with Crippen molar-refractivity contribution >= 4 is 5.82 Å². The highest BCUT2D eigenvalue weighted by Gasteiger charge is 2.22. The Hall–Kier alpha value is -1.63. The van der Waals surface area contributed by atoms with Crippen LogP contribution in [0.25, 0.3) is 0 Å². The van der Waals surface area contributed by atoms with Gasteiger partial charge in [-0.05, 0) is 24.3 Å². The van der Waals surface area contributed by atoms with E-state index < -0.39 is 0 Å². The van der Waals surface area contributed by atoms with Crippen molar-refractivity contribution in [1.29, 1.82) is 5.26 Å². The second-order valence-electron chi connectivity index (χ2n) is 4.70. The number of hydrogen-bond acceptors (Lipinski definition) is 4. The molecule has 16 heavy (non-hydrogen) atoms. The van der Waals surface area contributed by atoms with Gasteiger partial charge in [-0.1, -0.05) is 13.8 Å². The van der Waals surface area contributed by atoms with E-state index in [0.29, 0.717) is 11.8 Å². The summed E-state index contributed by atoms with van der Waals surface area (Å²) in [7, 11) is 0. The molecule has 2 atom stereocenters. The third-order valence-corrected chi connectivity index (χ3v) is 2.93. The number of hydrogen-bond donors (Lipinski definition) is 0. The molecule has 0 radical (unpaired) electrons. The van der Waals surface area contributed by atoms with Crippen molar-refractivity contribution < 1.29 is 0 Å². The van der Waals surface area contributed by atoms with Gasteiger partial charge >= 0.3 is 0 Å². The van der Waals surface area contributed by atoms with Gasteiger partial charge < -0.3 is 4.90 Å². The molecule has 1 aromatic rings. The molecule has 0 amide bonds. The Bertz CT molecular complexity index is 400. The van der Waals surface area contributed by atoms with Crippen LogP contribution in [-0.4, -0.2) is 23.1 Å². The summed E-state index contributed by atoms with van der Waals surface area (Å²) in [6.45, 7) is 6.56. The summed E-state index contributed by atoms with van der Waals surface area (Å²) in [6, 6.07) is 3.86. The number of piperidine rings is 1. The molecule has 0 N–H and O–H groups in total. The Balaban J connectivity index is 2.20. The number of nitriles is 1. The molecule has 1 aromatic heterocycles. The lowest BCUT2D eigenvalue weighted by Crippen LogP contribution is -2.39. The van der Waals surface area contributed by atoms with Crippen LogP contribution < -0.4 is 4.90 Å². The predicted molar refractivity (Wildman–Crippen MR) is 61.9 cm³/mol. The quantitative estimate of drug-likeness (QED) is 0.718. The van der Waals surface area contributed by atoms with E-state index in [0.717, 1.165) is 18.9 Å². The van der Waals surface area contributed by atoms with Gasteiger partial charge in [0.1, 0.15) is 11.9 Å². The minimum atomic E-state index is 0.253. The van der Waals surface area contributed by atoms with Crippen molar-refractivity contribution in [3.63, 3.8) is 0 Å². The van der Waals surface area contributed by atoms with Crippen molar-refractivity contribution in [3.8, 4) is 6.07 Å². The molecule has 4 nitrogen and oxygen atoms in total. The van der Waals surface area contributed by atoms with Gasteiger partial charge in [-0.25, -0.2) is 9.97 Å². The van der Waals surface area contributed by atoms with Gasteiger partial charge in [0, 0.05) is 19.3 Å². The standard InChI is InChI=1S/C12H16N4/c1-9-5-10(2)8-16(7-9)12-3-4-14-11(6-13)15-12/h3-4,9-10H,5,7-8H2,1-2H3. The van der Waals surface area contributed by atoms with Crippen molar-refractivity contribution in [2.45, 2.75) is 20.3 Å². The van der Waals surface area contributed by atoms with E-state index in [9.17, 15) is 0 Å². The average Bonchev–Trinajstić information content (AvgIpc) is 2.28. The lowest BCUT2D eigenvalue weighted by molar-refractivity contribution is 0.355. The van der Waals surface area contributed by atoms with Gasteiger partial charge in [0.05, 0.1) is 0 Å². The van der Waals surface area contributed by atoms with Crippen LogP contribution in [0.1, 0.15) is 26.1 Å². The normalized spacial score (nSPS) is 25.2. The molecule has 2 rings (SSSR count). The van der Waals surface area contributed by atoms with E-state index in [2.05, 4.69) is 28.7 Å². The fraction of sp³-hybridized carbons (Fsp3) is 0.583. The van der Waals surface area contributed by atoms with Gasteiger partial charge in [-0.3, -0.25) is 0 Å². The fourth-order valence-electron chi connectivity index (χ4n) is 2.43. The molecule has 1 fully saturated rings. The van der Waals surface area contributed by atoms with E-state index in [-0.39, 0.29) is 5.82 Å². The minimum absolute atomic E-state index is 0.253. The Morgan fingerprint density at radius 2 is 2.06 bits per heavy atom. The van der Waals surface area contributed by atoms with Gasteiger partial charge in [0.2, 0.25) is 5.82 Å². The molecule has 2 heterocycles. The summed E-state index contributed by atoms with van der Waals surface area (Å²) in [5.41, 5.74) is 0. The fourth-order valence-corrected chi connectivity index (χ4v) is 2.43. The SMILES string of the molecule is CC1CC(C)CN(c2ccnc(C#N)n2)C1. The van der Waals surface area contributed by atoms with Gasteiger partial charge in [0.25, 0.3) is 0 Å². The number of aromatic nitrogens is 2. The largest absolute Gasteiger partial charge is 0.356 e. The lowest BCUT2D eigenvalue weighted by atomic mass is 9.92. The van der Waals surface area contributed by atoms with E-state index in [1.165, 1.54) is 6.42 Å². The van der Waals surface area contributed by atoms with Crippen LogP contribution in [0.3, 0.4) is 0 Å². The zero-order valence-electron chi connectivity index (χ0n) is 9.72. The smallest absolute Gasteiger partial charge is 0.234 e. The molecular weight excluding hydrogens is 200 g/mol. The van der Waals surface area contributed by atoms with Crippen molar-refractivity contribution in [2.24, 2.45) is 11.8 Å². The first-order valence-electron chi connectivity index (χ1n) is 5.67. The molecule has 0 bridgehead atoms. The molecular formula is C12H16N4. The molecule has 84 valence electrons. The third kappa shape index (κ3) is 2.30. The number of anilines is 1. The maximum absolute atomic E-state index is 8.77. The van der Waals surface area contributed by atoms with Crippen LogP contribution in [0.5, 0.6) is 0 Å². The maximum atomic E-state index is 8.77. The van der Waals surface area contributed by atoms with Crippen molar-refractivity contribution in [2.75, 3.05) is 18.0 Å². The average molecular weight is 216 g/mol. The second kappa shape index (κ2) is 4.48. The molecule has 0 aliphatic carbocycles. The third-order valence-electron chi connectivity index (χ3n) is 2.93. The molecule has 0 aromatic carbocycles. The van der Waals surface area contributed by atoms with Crippen LogP contribution in [0.4, 0.5) is 5.82 Å². The second-order valence-corrected chi connectivity index (χ2v) is 4.70. The predicted octanol–water partition coefficient (Wildman–Crippen LogP) is 1.83.